The van der Waals surface area contributed by atoms with E-state index in [9.17, 15) is 5.11 Å². The number of hydrogen-bond donors (Lipinski definition) is 1. The highest BCUT2D eigenvalue weighted by Gasteiger charge is 2.23. The summed E-state index contributed by atoms with van der Waals surface area (Å²) in [7, 11) is 0. The van der Waals surface area contributed by atoms with Crippen molar-refractivity contribution in [3.8, 4) is 0 Å². The van der Waals surface area contributed by atoms with Gasteiger partial charge in [0.1, 0.15) is 0 Å². The van der Waals surface area contributed by atoms with Crippen molar-refractivity contribution < 1.29 is 5.11 Å². The van der Waals surface area contributed by atoms with Crippen LogP contribution in [0, 0.1) is 11.8 Å². The van der Waals surface area contributed by atoms with Crippen LogP contribution in [0.5, 0.6) is 0 Å². The molecule has 3 atom stereocenters. The average Bonchev–Trinajstić information content (AvgIpc) is 1.81. The van der Waals surface area contributed by atoms with E-state index in [1.165, 1.54) is 12.0 Å². The van der Waals surface area contributed by atoms with Gasteiger partial charge in [-0.1, -0.05) is 18.6 Å². The maximum Gasteiger partial charge on any atom is 0.0548 e. The molecule has 0 bridgehead atoms. The molecule has 1 aliphatic carbocycles. The van der Waals surface area contributed by atoms with Crippen LogP contribution in [0.1, 0.15) is 40.0 Å². The van der Waals surface area contributed by atoms with Gasteiger partial charge in [-0.3, -0.25) is 0 Å². The molecule has 0 saturated heterocycles. The topological polar surface area (TPSA) is 20.2 Å². The van der Waals surface area contributed by atoms with Crippen molar-refractivity contribution >= 4 is 0 Å². The third kappa shape index (κ3) is 2.98. The molecule has 0 aromatic rings. The lowest BCUT2D eigenvalue weighted by molar-refractivity contribution is 0.0875. The Balaban J connectivity index is 2.50. The molecule has 0 aliphatic heterocycles. The summed E-state index contributed by atoms with van der Waals surface area (Å²) in [6, 6.07) is 0. The van der Waals surface area contributed by atoms with Crippen molar-refractivity contribution in [3.63, 3.8) is 0 Å². The number of allylic oxidation sites excluding steroid dienone is 2. The molecule has 1 heteroatoms. The minimum absolute atomic E-state index is 0.0608. The van der Waals surface area contributed by atoms with Crippen LogP contribution in [-0.2, 0) is 0 Å². The number of aliphatic hydroxyl groups is 1. The van der Waals surface area contributed by atoms with Crippen LogP contribution < -0.4 is 0 Å². The first kappa shape index (κ1) is 9.79. The van der Waals surface area contributed by atoms with Crippen molar-refractivity contribution in [1.29, 1.82) is 0 Å². The van der Waals surface area contributed by atoms with Crippen molar-refractivity contribution in [3.05, 3.63) is 11.6 Å². The lowest BCUT2D eigenvalue weighted by Gasteiger charge is -2.28. The fourth-order valence-electron chi connectivity index (χ4n) is 2.23. The molecule has 0 aromatic carbocycles. The largest absolute Gasteiger partial charge is 0.393 e. The highest BCUT2D eigenvalue weighted by atomic mass is 16.3. The van der Waals surface area contributed by atoms with Gasteiger partial charge < -0.3 is 5.11 Å². The third-order valence-electron chi connectivity index (χ3n) is 2.52. The molecule has 1 rings (SSSR count). The quantitative estimate of drug-likeness (QED) is 0.597. The third-order valence-corrected chi connectivity index (χ3v) is 2.52. The molecular formula is C11H20O. The van der Waals surface area contributed by atoms with Gasteiger partial charge in [-0.15, -0.1) is 0 Å². The summed E-state index contributed by atoms with van der Waals surface area (Å²) >= 11 is 0. The summed E-state index contributed by atoms with van der Waals surface area (Å²) in [6.07, 6.45) is 5.46. The fraction of sp³-hybridized carbons (Fsp3) is 0.818. The molecule has 1 saturated carbocycles. The second-order valence-corrected chi connectivity index (χ2v) is 4.47. The highest BCUT2D eigenvalue weighted by Crippen LogP contribution is 2.30. The molecule has 12 heavy (non-hydrogen) atoms. The zero-order valence-electron chi connectivity index (χ0n) is 8.38. The first-order valence-electron chi connectivity index (χ1n) is 4.91. The lowest BCUT2D eigenvalue weighted by Crippen LogP contribution is -2.23. The summed E-state index contributed by atoms with van der Waals surface area (Å²) < 4.78 is 0. The van der Waals surface area contributed by atoms with Crippen LogP contribution in [-0.4, -0.2) is 11.2 Å². The Bertz CT molecular complexity index is 158. The second kappa shape index (κ2) is 4.08. The normalized spacial score (nSPS) is 36.2. The minimum atomic E-state index is -0.0608. The minimum Gasteiger partial charge on any atom is -0.393 e. The van der Waals surface area contributed by atoms with Gasteiger partial charge in [-0.05, 0) is 44.9 Å². The summed E-state index contributed by atoms with van der Waals surface area (Å²) in [4.78, 5) is 0. The second-order valence-electron chi connectivity index (χ2n) is 4.47. The summed E-state index contributed by atoms with van der Waals surface area (Å²) in [5, 5.41) is 9.53. The van der Waals surface area contributed by atoms with Gasteiger partial charge >= 0.3 is 0 Å². The molecule has 1 N–H and O–H groups in total. The molecule has 0 amide bonds. The molecule has 0 heterocycles. The van der Waals surface area contributed by atoms with Gasteiger partial charge in [-0.2, -0.15) is 0 Å². The monoisotopic (exact) mass is 168 g/mol. The molecule has 0 radical (unpaired) electrons. The van der Waals surface area contributed by atoms with Gasteiger partial charge in [0.05, 0.1) is 6.10 Å². The molecule has 1 aliphatic rings. The molecule has 70 valence electrons. The van der Waals surface area contributed by atoms with Crippen molar-refractivity contribution in [2.45, 2.75) is 46.1 Å². The smallest absolute Gasteiger partial charge is 0.0548 e. The molecule has 1 nitrogen and oxygen atoms in total. The van der Waals surface area contributed by atoms with Crippen LogP contribution in [0.2, 0.25) is 0 Å². The Hall–Kier alpha value is -0.300. The lowest BCUT2D eigenvalue weighted by atomic mass is 9.80. The van der Waals surface area contributed by atoms with E-state index >= 15 is 0 Å². The summed E-state index contributed by atoms with van der Waals surface area (Å²) in [5.74, 6) is 1.31. The van der Waals surface area contributed by atoms with Gasteiger partial charge in [0.15, 0.2) is 0 Å². The van der Waals surface area contributed by atoms with E-state index in [0.717, 1.165) is 12.8 Å². The summed E-state index contributed by atoms with van der Waals surface area (Å²) in [6.45, 7) is 6.49. The standard InChI is InChI=1S/C11H20O/c1-8(2)4-10-5-9(3)6-11(12)7-10/h4,9-12H,5-7H2,1-3H3. The highest BCUT2D eigenvalue weighted by molar-refractivity contribution is 4.99. The predicted molar refractivity (Wildman–Crippen MR) is 51.9 cm³/mol. The van der Waals surface area contributed by atoms with E-state index in [4.69, 9.17) is 0 Å². The van der Waals surface area contributed by atoms with Gasteiger partial charge in [0, 0.05) is 0 Å². The Labute approximate surface area is 75.5 Å². The van der Waals surface area contributed by atoms with Gasteiger partial charge in [-0.25, -0.2) is 0 Å². The van der Waals surface area contributed by atoms with Crippen molar-refractivity contribution in [1.82, 2.24) is 0 Å². The predicted octanol–water partition coefficient (Wildman–Crippen LogP) is 2.75. The Morgan fingerprint density at radius 3 is 2.42 bits per heavy atom. The van der Waals surface area contributed by atoms with E-state index in [0.29, 0.717) is 11.8 Å². The van der Waals surface area contributed by atoms with E-state index in [1.807, 2.05) is 0 Å². The average molecular weight is 168 g/mol. The summed E-state index contributed by atoms with van der Waals surface area (Å²) in [5.41, 5.74) is 1.38. The van der Waals surface area contributed by atoms with Crippen molar-refractivity contribution in [2.24, 2.45) is 11.8 Å². The number of aliphatic hydroxyl groups excluding tert-OH is 1. The van der Waals surface area contributed by atoms with E-state index in [-0.39, 0.29) is 6.10 Å². The van der Waals surface area contributed by atoms with Crippen LogP contribution in [0.4, 0.5) is 0 Å². The van der Waals surface area contributed by atoms with Crippen LogP contribution in [0.25, 0.3) is 0 Å². The van der Waals surface area contributed by atoms with E-state index < -0.39 is 0 Å². The Kier molecular flexibility index (Phi) is 3.33. The number of rotatable bonds is 1. The Morgan fingerprint density at radius 2 is 1.92 bits per heavy atom. The molecular weight excluding hydrogens is 148 g/mol. The first-order valence-corrected chi connectivity index (χ1v) is 4.91. The zero-order valence-corrected chi connectivity index (χ0v) is 8.38. The maximum absolute atomic E-state index is 9.53. The SMILES string of the molecule is CC(C)=CC1CC(C)CC(O)C1. The van der Waals surface area contributed by atoms with Crippen molar-refractivity contribution in [2.75, 3.05) is 0 Å². The molecule has 0 aromatic heterocycles. The van der Waals surface area contributed by atoms with Gasteiger partial charge in [0.2, 0.25) is 0 Å². The molecule has 0 spiro atoms. The van der Waals surface area contributed by atoms with Crippen LogP contribution in [0.3, 0.4) is 0 Å². The van der Waals surface area contributed by atoms with E-state index in [2.05, 4.69) is 26.8 Å². The maximum atomic E-state index is 9.53. The zero-order chi connectivity index (χ0) is 9.14. The fourth-order valence-corrected chi connectivity index (χ4v) is 2.23. The Morgan fingerprint density at radius 1 is 1.25 bits per heavy atom. The molecule has 1 fully saturated rings. The van der Waals surface area contributed by atoms with Gasteiger partial charge in [0.25, 0.3) is 0 Å². The van der Waals surface area contributed by atoms with E-state index in [1.54, 1.807) is 0 Å². The van der Waals surface area contributed by atoms with Crippen LogP contribution >= 0.6 is 0 Å². The molecule has 3 unspecified atom stereocenters. The van der Waals surface area contributed by atoms with Crippen LogP contribution in [0.15, 0.2) is 11.6 Å². The first-order chi connectivity index (χ1) is 5.58. The number of hydrogen-bond acceptors (Lipinski definition) is 1.